The second-order valence-electron chi connectivity index (χ2n) is 5.67. The number of hydrogen-bond donors (Lipinski definition) is 1. The molecule has 0 bridgehead atoms. The molecule has 138 valence electrons. The lowest BCUT2D eigenvalue weighted by Gasteiger charge is -2.26. The van der Waals surface area contributed by atoms with Crippen LogP contribution in [0.2, 0.25) is 0 Å². The van der Waals surface area contributed by atoms with E-state index in [9.17, 15) is 4.79 Å². The summed E-state index contributed by atoms with van der Waals surface area (Å²) in [7, 11) is 0. The number of ether oxygens (including phenoxy) is 1. The molecule has 0 saturated carbocycles. The van der Waals surface area contributed by atoms with E-state index in [0.29, 0.717) is 12.3 Å². The van der Waals surface area contributed by atoms with Crippen molar-refractivity contribution in [3.05, 3.63) is 42.7 Å². The van der Waals surface area contributed by atoms with Gasteiger partial charge < -0.3 is 10.1 Å². The summed E-state index contributed by atoms with van der Waals surface area (Å²) in [5.74, 6) is 0.356. The first kappa shape index (κ1) is 19.2. The zero-order chi connectivity index (χ0) is 18.0. The van der Waals surface area contributed by atoms with Gasteiger partial charge in [0.2, 0.25) is 5.91 Å². The molecule has 1 amide bonds. The van der Waals surface area contributed by atoms with E-state index in [-0.39, 0.29) is 5.91 Å². The van der Waals surface area contributed by atoms with Crippen LogP contribution in [0.15, 0.2) is 57.7 Å². The van der Waals surface area contributed by atoms with Crippen molar-refractivity contribution in [1.82, 2.24) is 20.2 Å². The van der Waals surface area contributed by atoms with Gasteiger partial charge in [-0.05, 0) is 12.1 Å². The molecule has 8 heteroatoms. The average Bonchev–Trinajstić information content (AvgIpc) is 2.69. The summed E-state index contributed by atoms with van der Waals surface area (Å²) in [4.78, 5) is 24.3. The molecule has 1 N–H and O–H groups in total. The SMILES string of the molecule is O=C(CSc1nccnc1Sc1ccccc1)NCCN1CCOCC1. The summed E-state index contributed by atoms with van der Waals surface area (Å²) in [5.41, 5.74) is 0. The number of nitrogens with zero attached hydrogens (tertiary/aromatic N) is 3. The van der Waals surface area contributed by atoms with Gasteiger partial charge >= 0.3 is 0 Å². The number of carbonyl (C=O) groups is 1. The summed E-state index contributed by atoms with van der Waals surface area (Å²) < 4.78 is 5.32. The molecular weight excluding hydrogens is 368 g/mol. The Labute approximate surface area is 162 Å². The van der Waals surface area contributed by atoms with Crippen molar-refractivity contribution in [2.24, 2.45) is 0 Å². The third-order valence-electron chi connectivity index (χ3n) is 3.78. The number of nitrogens with one attached hydrogen (secondary N) is 1. The fourth-order valence-corrected chi connectivity index (χ4v) is 4.20. The van der Waals surface area contributed by atoms with Gasteiger partial charge in [-0.2, -0.15) is 0 Å². The Morgan fingerprint density at radius 3 is 2.62 bits per heavy atom. The molecule has 26 heavy (non-hydrogen) atoms. The number of hydrogen-bond acceptors (Lipinski definition) is 7. The molecule has 1 aromatic heterocycles. The number of aromatic nitrogens is 2. The molecule has 1 aliphatic rings. The number of amides is 1. The lowest BCUT2D eigenvalue weighted by molar-refractivity contribution is -0.118. The topological polar surface area (TPSA) is 67.4 Å². The van der Waals surface area contributed by atoms with Crippen molar-refractivity contribution in [2.45, 2.75) is 14.9 Å². The van der Waals surface area contributed by atoms with Crippen LogP contribution >= 0.6 is 23.5 Å². The minimum absolute atomic E-state index is 0.0181. The van der Waals surface area contributed by atoms with Crippen LogP contribution in [-0.2, 0) is 9.53 Å². The molecule has 2 aromatic rings. The third-order valence-corrected chi connectivity index (χ3v) is 5.89. The second kappa shape index (κ2) is 10.5. The third kappa shape index (κ3) is 6.28. The Morgan fingerprint density at radius 2 is 1.85 bits per heavy atom. The summed E-state index contributed by atoms with van der Waals surface area (Å²) in [5, 5.41) is 4.58. The zero-order valence-corrected chi connectivity index (χ0v) is 16.1. The lowest BCUT2D eigenvalue weighted by Crippen LogP contribution is -2.41. The van der Waals surface area contributed by atoms with Crippen LogP contribution in [0.25, 0.3) is 0 Å². The number of thioether (sulfide) groups is 1. The van der Waals surface area contributed by atoms with Gasteiger partial charge in [-0.3, -0.25) is 9.69 Å². The normalized spacial score (nSPS) is 14.9. The van der Waals surface area contributed by atoms with Crippen molar-refractivity contribution >= 4 is 29.4 Å². The molecule has 0 atom stereocenters. The molecule has 2 heterocycles. The highest BCUT2D eigenvalue weighted by Crippen LogP contribution is 2.32. The van der Waals surface area contributed by atoms with Crippen molar-refractivity contribution in [3.63, 3.8) is 0 Å². The Hall–Kier alpha value is -1.61. The van der Waals surface area contributed by atoms with Gasteiger partial charge in [0.05, 0.1) is 19.0 Å². The Bertz CT molecular complexity index is 697. The average molecular weight is 391 g/mol. The summed E-state index contributed by atoms with van der Waals surface area (Å²) in [6.45, 7) is 4.94. The van der Waals surface area contributed by atoms with Crippen molar-refractivity contribution in [1.29, 1.82) is 0 Å². The maximum atomic E-state index is 12.1. The van der Waals surface area contributed by atoms with E-state index in [1.165, 1.54) is 11.8 Å². The van der Waals surface area contributed by atoms with Crippen LogP contribution in [0, 0.1) is 0 Å². The standard InChI is InChI=1S/C18H22N4O2S2/c23-16(19-8-9-22-10-12-24-13-11-22)14-25-17-18(21-7-6-20-17)26-15-4-2-1-3-5-15/h1-7H,8-14H2,(H,19,23). The molecular formula is C18H22N4O2S2. The van der Waals surface area contributed by atoms with Crippen LogP contribution in [0.3, 0.4) is 0 Å². The van der Waals surface area contributed by atoms with Gasteiger partial charge in [0.15, 0.2) is 0 Å². The quantitative estimate of drug-likeness (QED) is 0.693. The predicted molar refractivity (Wildman–Crippen MR) is 104 cm³/mol. The van der Waals surface area contributed by atoms with Gasteiger partial charge in [0, 0.05) is 43.5 Å². The van der Waals surface area contributed by atoms with Gasteiger partial charge in [0.1, 0.15) is 10.1 Å². The molecule has 0 spiro atoms. The molecule has 0 aliphatic carbocycles. The predicted octanol–water partition coefficient (Wildman–Crippen LogP) is 2.17. The zero-order valence-electron chi connectivity index (χ0n) is 14.5. The van der Waals surface area contributed by atoms with Crippen LogP contribution in [-0.4, -0.2) is 65.9 Å². The molecule has 1 fully saturated rings. The van der Waals surface area contributed by atoms with Gasteiger partial charge in [-0.15, -0.1) is 0 Å². The van der Waals surface area contributed by atoms with Crippen molar-refractivity contribution < 1.29 is 9.53 Å². The first-order chi connectivity index (χ1) is 12.8. The molecule has 3 rings (SSSR count). The molecule has 1 aliphatic heterocycles. The molecule has 1 saturated heterocycles. The monoisotopic (exact) mass is 390 g/mol. The number of morpholine rings is 1. The van der Waals surface area contributed by atoms with E-state index in [2.05, 4.69) is 20.2 Å². The van der Waals surface area contributed by atoms with E-state index < -0.39 is 0 Å². The minimum Gasteiger partial charge on any atom is -0.379 e. The Kier molecular flexibility index (Phi) is 7.75. The number of carbonyl (C=O) groups excluding carboxylic acids is 1. The molecule has 0 unspecified atom stereocenters. The van der Waals surface area contributed by atoms with Gasteiger partial charge in [-0.1, -0.05) is 41.7 Å². The summed E-state index contributed by atoms with van der Waals surface area (Å²) in [6.07, 6.45) is 3.34. The highest BCUT2D eigenvalue weighted by molar-refractivity contribution is 8.02. The number of rotatable bonds is 8. The molecule has 1 aromatic carbocycles. The van der Waals surface area contributed by atoms with Crippen LogP contribution in [0.4, 0.5) is 0 Å². The fraction of sp³-hybridized carbons (Fsp3) is 0.389. The van der Waals surface area contributed by atoms with E-state index in [1.54, 1.807) is 24.2 Å². The second-order valence-corrected chi connectivity index (χ2v) is 7.70. The van der Waals surface area contributed by atoms with E-state index in [1.807, 2.05) is 30.3 Å². The molecule has 0 radical (unpaired) electrons. The maximum absolute atomic E-state index is 12.1. The lowest BCUT2D eigenvalue weighted by atomic mass is 10.4. The Balaban J connectivity index is 1.44. The summed E-state index contributed by atoms with van der Waals surface area (Å²) in [6, 6.07) is 10.0. The van der Waals surface area contributed by atoms with Crippen LogP contribution in [0.5, 0.6) is 0 Å². The van der Waals surface area contributed by atoms with E-state index >= 15 is 0 Å². The van der Waals surface area contributed by atoms with Gasteiger partial charge in [-0.25, -0.2) is 9.97 Å². The Morgan fingerprint density at radius 1 is 1.12 bits per heavy atom. The van der Waals surface area contributed by atoms with E-state index in [4.69, 9.17) is 4.74 Å². The highest BCUT2D eigenvalue weighted by Gasteiger charge is 2.12. The largest absolute Gasteiger partial charge is 0.379 e. The van der Waals surface area contributed by atoms with E-state index in [0.717, 1.165) is 47.8 Å². The minimum atomic E-state index is 0.0181. The fourth-order valence-electron chi connectivity index (χ4n) is 2.44. The van der Waals surface area contributed by atoms with Crippen LogP contribution < -0.4 is 5.32 Å². The van der Waals surface area contributed by atoms with Crippen molar-refractivity contribution in [3.8, 4) is 0 Å². The summed E-state index contributed by atoms with van der Waals surface area (Å²) >= 11 is 2.98. The van der Waals surface area contributed by atoms with Gasteiger partial charge in [0.25, 0.3) is 0 Å². The molecule has 6 nitrogen and oxygen atoms in total. The number of benzene rings is 1. The smallest absolute Gasteiger partial charge is 0.230 e. The van der Waals surface area contributed by atoms with Crippen molar-refractivity contribution in [2.75, 3.05) is 45.1 Å². The first-order valence-corrected chi connectivity index (χ1v) is 10.3. The highest BCUT2D eigenvalue weighted by atomic mass is 32.2. The first-order valence-electron chi connectivity index (χ1n) is 8.55. The maximum Gasteiger partial charge on any atom is 0.230 e. The van der Waals surface area contributed by atoms with Crippen LogP contribution in [0.1, 0.15) is 0 Å².